The van der Waals surface area contributed by atoms with Gasteiger partial charge in [0.2, 0.25) is 5.91 Å². The first-order chi connectivity index (χ1) is 12.5. The number of urea groups is 1. The largest absolute Gasteiger partial charge is 0.338 e. The molecule has 0 aromatic heterocycles. The number of carbonyl (C=O) groups excluding carboxylic acids is 2. The minimum absolute atomic E-state index is 0.0101. The standard InChI is InChI=1S/C19H19F2N3O2/c20-15-3-1-13(2-4-15)10-22-19(26)23-11-14-9-18(25)24(12-14)17-7-5-16(21)6-8-17/h1-8,14H,9-12H2,(H2,22,23,26)/t14-/m0/s1. The Hall–Kier alpha value is -2.96. The van der Waals surface area contributed by atoms with E-state index in [9.17, 15) is 18.4 Å². The lowest BCUT2D eigenvalue weighted by Crippen LogP contribution is -2.38. The Morgan fingerprint density at radius 1 is 1.00 bits per heavy atom. The van der Waals surface area contributed by atoms with Crippen LogP contribution < -0.4 is 15.5 Å². The zero-order chi connectivity index (χ0) is 18.5. The lowest BCUT2D eigenvalue weighted by Gasteiger charge is -2.17. The van der Waals surface area contributed by atoms with Crippen molar-refractivity contribution in [1.82, 2.24) is 10.6 Å². The van der Waals surface area contributed by atoms with Crippen LogP contribution in [0.1, 0.15) is 12.0 Å². The Morgan fingerprint density at radius 3 is 2.27 bits per heavy atom. The fourth-order valence-corrected chi connectivity index (χ4v) is 2.87. The van der Waals surface area contributed by atoms with Crippen molar-refractivity contribution < 1.29 is 18.4 Å². The van der Waals surface area contributed by atoms with Gasteiger partial charge in [0, 0.05) is 37.7 Å². The molecule has 1 fully saturated rings. The first kappa shape index (κ1) is 17.8. The molecule has 2 aromatic rings. The summed E-state index contributed by atoms with van der Waals surface area (Å²) in [6.07, 6.45) is 0.329. The zero-order valence-electron chi connectivity index (χ0n) is 14.0. The Labute approximate surface area is 150 Å². The van der Waals surface area contributed by atoms with Gasteiger partial charge in [-0.3, -0.25) is 4.79 Å². The summed E-state index contributed by atoms with van der Waals surface area (Å²) in [5.41, 5.74) is 1.44. The van der Waals surface area contributed by atoms with Crippen LogP contribution in [0.5, 0.6) is 0 Å². The molecule has 0 radical (unpaired) electrons. The van der Waals surface area contributed by atoms with E-state index < -0.39 is 0 Å². The zero-order valence-corrected chi connectivity index (χ0v) is 14.0. The van der Waals surface area contributed by atoms with Crippen molar-refractivity contribution in [3.8, 4) is 0 Å². The first-order valence-electron chi connectivity index (χ1n) is 8.33. The maximum Gasteiger partial charge on any atom is 0.315 e. The van der Waals surface area contributed by atoms with Gasteiger partial charge >= 0.3 is 6.03 Å². The molecule has 2 aromatic carbocycles. The Kier molecular flexibility index (Phi) is 5.46. The van der Waals surface area contributed by atoms with Crippen LogP contribution in [0.2, 0.25) is 0 Å². The number of anilines is 1. The Morgan fingerprint density at radius 2 is 1.62 bits per heavy atom. The minimum atomic E-state index is -0.351. The van der Waals surface area contributed by atoms with E-state index in [1.54, 1.807) is 29.2 Å². The highest BCUT2D eigenvalue weighted by Crippen LogP contribution is 2.24. The highest BCUT2D eigenvalue weighted by Gasteiger charge is 2.30. The Balaban J connectivity index is 1.44. The predicted octanol–water partition coefficient (Wildman–Crippen LogP) is 2.82. The number of nitrogens with zero attached hydrogens (tertiary/aromatic N) is 1. The first-order valence-corrected chi connectivity index (χ1v) is 8.33. The number of nitrogens with one attached hydrogen (secondary N) is 2. The SMILES string of the molecule is O=C(NCc1ccc(F)cc1)NC[C@@H]1CC(=O)N(c2ccc(F)cc2)C1. The molecule has 3 amide bonds. The number of carbonyl (C=O) groups is 2. The molecule has 26 heavy (non-hydrogen) atoms. The molecule has 0 spiro atoms. The van der Waals surface area contributed by atoms with Gasteiger partial charge in [0.25, 0.3) is 0 Å². The second-order valence-corrected chi connectivity index (χ2v) is 6.24. The summed E-state index contributed by atoms with van der Waals surface area (Å²) in [7, 11) is 0. The number of halogens is 2. The molecule has 1 heterocycles. The normalized spacial score (nSPS) is 16.6. The summed E-state index contributed by atoms with van der Waals surface area (Å²) >= 11 is 0. The maximum atomic E-state index is 13.0. The maximum absolute atomic E-state index is 13.0. The third-order valence-electron chi connectivity index (χ3n) is 4.26. The lowest BCUT2D eigenvalue weighted by molar-refractivity contribution is -0.117. The molecule has 0 unspecified atom stereocenters. The monoisotopic (exact) mass is 359 g/mol. The summed E-state index contributed by atoms with van der Waals surface area (Å²) in [4.78, 5) is 25.6. The molecule has 0 aliphatic carbocycles. The van der Waals surface area contributed by atoms with E-state index in [0.717, 1.165) is 5.56 Å². The molecule has 136 valence electrons. The molecule has 1 atom stereocenters. The van der Waals surface area contributed by atoms with Gasteiger partial charge in [0.1, 0.15) is 11.6 Å². The highest BCUT2D eigenvalue weighted by atomic mass is 19.1. The van der Waals surface area contributed by atoms with E-state index in [2.05, 4.69) is 10.6 Å². The predicted molar refractivity (Wildman–Crippen MR) is 93.5 cm³/mol. The Bertz CT molecular complexity index is 778. The fraction of sp³-hybridized carbons (Fsp3) is 0.263. The van der Waals surface area contributed by atoms with E-state index in [1.807, 2.05) is 0 Å². The van der Waals surface area contributed by atoms with Gasteiger partial charge in [0.05, 0.1) is 0 Å². The van der Waals surface area contributed by atoms with Crippen LogP contribution in [0.15, 0.2) is 48.5 Å². The van der Waals surface area contributed by atoms with Crippen molar-refractivity contribution >= 4 is 17.6 Å². The van der Waals surface area contributed by atoms with Gasteiger partial charge < -0.3 is 15.5 Å². The summed E-state index contributed by atoms with van der Waals surface area (Å²) in [6, 6.07) is 11.3. The third kappa shape index (κ3) is 4.56. The van der Waals surface area contributed by atoms with Crippen LogP contribution in [-0.4, -0.2) is 25.0 Å². The molecule has 5 nitrogen and oxygen atoms in total. The molecule has 0 bridgehead atoms. The van der Waals surface area contributed by atoms with Crippen LogP contribution >= 0.6 is 0 Å². The molecule has 0 saturated carbocycles. The van der Waals surface area contributed by atoms with Gasteiger partial charge in [-0.1, -0.05) is 12.1 Å². The van der Waals surface area contributed by atoms with Crippen molar-refractivity contribution in [2.24, 2.45) is 5.92 Å². The number of rotatable bonds is 5. The summed E-state index contributed by atoms with van der Waals surface area (Å²) in [5, 5.41) is 5.43. The van der Waals surface area contributed by atoms with Gasteiger partial charge in [-0.05, 0) is 42.0 Å². The van der Waals surface area contributed by atoms with Crippen LogP contribution in [-0.2, 0) is 11.3 Å². The average molecular weight is 359 g/mol. The number of hydrogen-bond acceptors (Lipinski definition) is 2. The lowest BCUT2D eigenvalue weighted by atomic mass is 10.1. The molecular formula is C19H19F2N3O2. The van der Waals surface area contributed by atoms with E-state index in [1.165, 1.54) is 24.3 Å². The molecule has 7 heteroatoms. The highest BCUT2D eigenvalue weighted by molar-refractivity contribution is 5.95. The summed E-state index contributed by atoms with van der Waals surface area (Å²) in [5.74, 6) is -0.731. The smallest absolute Gasteiger partial charge is 0.315 e. The number of amides is 3. The second kappa shape index (κ2) is 7.95. The molecule has 1 aliphatic heterocycles. The van der Waals surface area contributed by atoms with E-state index in [0.29, 0.717) is 25.2 Å². The van der Waals surface area contributed by atoms with E-state index in [4.69, 9.17) is 0 Å². The van der Waals surface area contributed by atoms with E-state index in [-0.39, 0.29) is 36.0 Å². The van der Waals surface area contributed by atoms with Crippen LogP contribution in [0, 0.1) is 17.6 Å². The van der Waals surface area contributed by atoms with Gasteiger partial charge in [-0.2, -0.15) is 0 Å². The minimum Gasteiger partial charge on any atom is -0.338 e. The quantitative estimate of drug-likeness (QED) is 0.862. The van der Waals surface area contributed by atoms with Crippen molar-refractivity contribution in [2.45, 2.75) is 13.0 Å². The fourth-order valence-electron chi connectivity index (χ4n) is 2.87. The van der Waals surface area contributed by atoms with Crippen molar-refractivity contribution in [2.75, 3.05) is 18.0 Å². The van der Waals surface area contributed by atoms with Crippen LogP contribution in [0.3, 0.4) is 0 Å². The summed E-state index contributed by atoms with van der Waals surface area (Å²) in [6.45, 7) is 1.12. The van der Waals surface area contributed by atoms with Gasteiger partial charge in [-0.15, -0.1) is 0 Å². The third-order valence-corrected chi connectivity index (χ3v) is 4.26. The van der Waals surface area contributed by atoms with Crippen molar-refractivity contribution in [1.29, 1.82) is 0 Å². The van der Waals surface area contributed by atoms with E-state index >= 15 is 0 Å². The molecule has 3 rings (SSSR count). The van der Waals surface area contributed by atoms with Gasteiger partial charge in [0.15, 0.2) is 0 Å². The van der Waals surface area contributed by atoms with Crippen LogP contribution in [0.4, 0.5) is 19.3 Å². The van der Waals surface area contributed by atoms with Crippen LogP contribution in [0.25, 0.3) is 0 Å². The molecule has 1 aliphatic rings. The van der Waals surface area contributed by atoms with Crippen molar-refractivity contribution in [3.63, 3.8) is 0 Å². The number of benzene rings is 2. The average Bonchev–Trinajstić information content (AvgIpc) is 3.01. The molecule has 1 saturated heterocycles. The molecule has 2 N–H and O–H groups in total. The second-order valence-electron chi connectivity index (χ2n) is 6.24. The topological polar surface area (TPSA) is 61.4 Å². The number of hydrogen-bond donors (Lipinski definition) is 2. The summed E-state index contributed by atoms with van der Waals surface area (Å²) < 4.78 is 25.8. The molecular weight excluding hydrogens is 340 g/mol. The van der Waals surface area contributed by atoms with Crippen molar-refractivity contribution in [3.05, 3.63) is 65.7 Å². The van der Waals surface area contributed by atoms with Gasteiger partial charge in [-0.25, -0.2) is 13.6 Å².